The van der Waals surface area contributed by atoms with Crippen LogP contribution >= 0.6 is 12.2 Å². The molecule has 1 atom stereocenters. The summed E-state index contributed by atoms with van der Waals surface area (Å²) in [6, 6.07) is 14.6. The molecule has 0 saturated heterocycles. The molecule has 0 aromatic heterocycles. The third-order valence-electron chi connectivity index (χ3n) is 3.99. The van der Waals surface area contributed by atoms with Crippen molar-refractivity contribution in [3.05, 3.63) is 77.0 Å². The van der Waals surface area contributed by atoms with E-state index in [9.17, 15) is 13.6 Å². The molecule has 3 rings (SSSR count). The fraction of sp³-hybridized carbons (Fsp3) is 0.158. The van der Waals surface area contributed by atoms with Crippen LogP contribution in [0.25, 0.3) is 0 Å². The minimum Gasteiger partial charge on any atom is -0.435 e. The van der Waals surface area contributed by atoms with Gasteiger partial charge in [0.25, 0.3) is 0 Å². The number of nitrogens with one attached hydrogen (secondary N) is 2. The van der Waals surface area contributed by atoms with E-state index in [-0.39, 0.29) is 11.5 Å². The van der Waals surface area contributed by atoms with E-state index in [0.717, 1.165) is 0 Å². The number of hydrogen-bond acceptors (Lipinski definition) is 3. The highest BCUT2D eigenvalue weighted by molar-refractivity contribution is 7.80. The van der Waals surface area contributed by atoms with Gasteiger partial charge in [0.1, 0.15) is 5.75 Å². The lowest BCUT2D eigenvalue weighted by atomic mass is 9.90. The number of Topliss-reactive ketones (excluding diaryl/α,β-unsaturated/α-hetero) is 1. The molecule has 0 spiro atoms. The minimum absolute atomic E-state index is 0.0527. The number of thiocarbonyl (C=S) groups is 1. The Morgan fingerprint density at radius 1 is 1.12 bits per heavy atom. The molecule has 0 amide bonds. The smallest absolute Gasteiger partial charge is 0.387 e. The molecule has 0 unspecified atom stereocenters. The van der Waals surface area contributed by atoms with E-state index < -0.39 is 12.7 Å². The third-order valence-corrected chi connectivity index (χ3v) is 4.21. The topological polar surface area (TPSA) is 50.4 Å². The maximum atomic E-state index is 13.0. The van der Waals surface area contributed by atoms with Gasteiger partial charge in [-0.15, -0.1) is 0 Å². The van der Waals surface area contributed by atoms with Crippen LogP contribution in [-0.2, 0) is 0 Å². The first-order valence-corrected chi connectivity index (χ1v) is 8.29. The molecule has 4 nitrogen and oxygen atoms in total. The van der Waals surface area contributed by atoms with Crippen LogP contribution in [0.3, 0.4) is 0 Å². The Labute approximate surface area is 154 Å². The van der Waals surface area contributed by atoms with E-state index in [1.807, 2.05) is 6.07 Å². The number of benzene rings is 2. The maximum Gasteiger partial charge on any atom is 0.387 e. The zero-order valence-electron chi connectivity index (χ0n) is 13.8. The van der Waals surface area contributed by atoms with Crippen molar-refractivity contribution in [1.82, 2.24) is 10.6 Å². The standard InChI is InChI=1S/C19H16F2N2O2S/c1-11-15(17(24)13-5-3-2-4-6-13)16(23-19(26)22-11)12-7-9-14(10-8-12)25-18(20)21/h2-10,16,18H,1H3,(H2,22,23,26)/t16-/m1/s1. The van der Waals surface area contributed by atoms with Crippen molar-refractivity contribution in [3.63, 3.8) is 0 Å². The lowest BCUT2D eigenvalue weighted by Gasteiger charge is -2.30. The Morgan fingerprint density at radius 2 is 1.77 bits per heavy atom. The number of rotatable bonds is 5. The number of allylic oxidation sites excluding steroid dienone is 1. The van der Waals surface area contributed by atoms with Gasteiger partial charge >= 0.3 is 6.61 Å². The van der Waals surface area contributed by atoms with E-state index in [0.29, 0.717) is 27.5 Å². The summed E-state index contributed by atoms with van der Waals surface area (Å²) in [5, 5.41) is 6.44. The highest BCUT2D eigenvalue weighted by Gasteiger charge is 2.30. The summed E-state index contributed by atoms with van der Waals surface area (Å²) >= 11 is 5.21. The van der Waals surface area contributed by atoms with E-state index in [1.165, 1.54) is 12.1 Å². The number of carbonyl (C=O) groups excluding carboxylic acids is 1. The van der Waals surface area contributed by atoms with Crippen LogP contribution in [0.4, 0.5) is 8.78 Å². The van der Waals surface area contributed by atoms with E-state index >= 15 is 0 Å². The van der Waals surface area contributed by atoms with Crippen molar-refractivity contribution in [2.24, 2.45) is 0 Å². The first kappa shape index (κ1) is 18.0. The molecule has 0 bridgehead atoms. The van der Waals surface area contributed by atoms with Gasteiger partial charge in [-0.2, -0.15) is 8.78 Å². The van der Waals surface area contributed by atoms with Gasteiger partial charge in [-0.1, -0.05) is 42.5 Å². The van der Waals surface area contributed by atoms with Crippen LogP contribution in [0, 0.1) is 0 Å². The number of ketones is 1. The Hall–Kier alpha value is -2.80. The average Bonchev–Trinajstić information content (AvgIpc) is 2.61. The molecular weight excluding hydrogens is 358 g/mol. The van der Waals surface area contributed by atoms with E-state index in [1.54, 1.807) is 43.3 Å². The highest BCUT2D eigenvalue weighted by atomic mass is 32.1. The monoisotopic (exact) mass is 374 g/mol. The first-order chi connectivity index (χ1) is 12.5. The van der Waals surface area contributed by atoms with Crippen LogP contribution in [0.2, 0.25) is 0 Å². The van der Waals surface area contributed by atoms with Gasteiger partial charge in [0.15, 0.2) is 10.9 Å². The summed E-state index contributed by atoms with van der Waals surface area (Å²) in [6.45, 7) is -1.10. The van der Waals surface area contributed by atoms with Crippen molar-refractivity contribution in [1.29, 1.82) is 0 Å². The molecule has 26 heavy (non-hydrogen) atoms. The molecule has 0 radical (unpaired) electrons. The predicted octanol–water partition coefficient (Wildman–Crippen LogP) is 3.96. The second kappa shape index (κ2) is 7.61. The molecule has 0 aliphatic carbocycles. The number of alkyl halides is 2. The van der Waals surface area contributed by atoms with Crippen LogP contribution in [0.1, 0.15) is 28.9 Å². The third kappa shape index (κ3) is 3.88. The summed E-state index contributed by atoms with van der Waals surface area (Å²) < 4.78 is 29.0. The number of carbonyl (C=O) groups is 1. The summed E-state index contributed by atoms with van der Waals surface area (Å²) in [4.78, 5) is 13.0. The van der Waals surface area contributed by atoms with Crippen molar-refractivity contribution < 1.29 is 18.3 Å². The lowest BCUT2D eigenvalue weighted by Crippen LogP contribution is -2.44. The number of ether oxygens (including phenoxy) is 1. The summed E-state index contributed by atoms with van der Waals surface area (Å²) in [6.07, 6.45) is 0. The largest absolute Gasteiger partial charge is 0.435 e. The van der Waals surface area contributed by atoms with E-state index in [4.69, 9.17) is 12.2 Å². The Bertz CT molecular complexity index is 852. The molecule has 1 aliphatic heterocycles. The highest BCUT2D eigenvalue weighted by Crippen LogP contribution is 2.30. The fourth-order valence-corrected chi connectivity index (χ4v) is 3.10. The molecule has 0 saturated carbocycles. The van der Waals surface area contributed by atoms with Gasteiger partial charge in [0, 0.05) is 16.8 Å². The zero-order valence-corrected chi connectivity index (χ0v) is 14.6. The fourth-order valence-electron chi connectivity index (χ4n) is 2.83. The van der Waals surface area contributed by atoms with Crippen LogP contribution < -0.4 is 15.4 Å². The van der Waals surface area contributed by atoms with Gasteiger partial charge in [-0.05, 0) is 36.8 Å². The van der Waals surface area contributed by atoms with Crippen molar-refractivity contribution in [3.8, 4) is 5.75 Å². The number of hydrogen-bond donors (Lipinski definition) is 2. The Balaban J connectivity index is 1.96. The molecule has 1 aliphatic rings. The molecule has 2 N–H and O–H groups in total. The average molecular weight is 374 g/mol. The zero-order chi connectivity index (χ0) is 18.7. The molecule has 7 heteroatoms. The van der Waals surface area contributed by atoms with Crippen LogP contribution in [0.5, 0.6) is 5.75 Å². The molecule has 1 heterocycles. The van der Waals surface area contributed by atoms with Gasteiger partial charge < -0.3 is 15.4 Å². The normalized spacial score (nSPS) is 16.9. The molecule has 134 valence electrons. The quantitative estimate of drug-likeness (QED) is 0.613. The van der Waals surface area contributed by atoms with Gasteiger partial charge in [-0.3, -0.25) is 4.79 Å². The van der Waals surface area contributed by atoms with E-state index in [2.05, 4.69) is 15.4 Å². The maximum absolute atomic E-state index is 13.0. The second-order valence-electron chi connectivity index (χ2n) is 5.71. The lowest BCUT2D eigenvalue weighted by molar-refractivity contribution is -0.0498. The second-order valence-corrected chi connectivity index (χ2v) is 6.12. The van der Waals surface area contributed by atoms with Gasteiger partial charge in [0.05, 0.1) is 6.04 Å². The molecular formula is C19H16F2N2O2S. The summed E-state index contributed by atoms with van der Waals surface area (Å²) in [5.74, 6) is -0.0830. The minimum atomic E-state index is -2.89. The summed E-state index contributed by atoms with van der Waals surface area (Å²) in [5.41, 5.74) is 2.45. The molecule has 2 aromatic carbocycles. The number of halogens is 2. The molecule has 0 fully saturated rings. The SMILES string of the molecule is CC1=C(C(=O)c2ccccc2)[C@@H](c2ccc(OC(F)F)cc2)NC(=S)N1. The molecule has 2 aromatic rings. The van der Waals surface area contributed by atoms with Crippen LogP contribution in [-0.4, -0.2) is 17.5 Å². The Morgan fingerprint density at radius 3 is 2.38 bits per heavy atom. The van der Waals surface area contributed by atoms with Gasteiger partial charge in [0.2, 0.25) is 0 Å². The Kier molecular flexibility index (Phi) is 5.27. The van der Waals surface area contributed by atoms with Crippen molar-refractivity contribution >= 4 is 23.1 Å². The predicted molar refractivity (Wildman–Crippen MR) is 98.2 cm³/mol. The first-order valence-electron chi connectivity index (χ1n) is 7.88. The van der Waals surface area contributed by atoms with Crippen molar-refractivity contribution in [2.45, 2.75) is 19.6 Å². The summed E-state index contributed by atoms with van der Waals surface area (Å²) in [7, 11) is 0. The van der Waals surface area contributed by atoms with Crippen LogP contribution in [0.15, 0.2) is 65.9 Å². The van der Waals surface area contributed by atoms with Gasteiger partial charge in [-0.25, -0.2) is 0 Å². The van der Waals surface area contributed by atoms with Crippen molar-refractivity contribution in [2.75, 3.05) is 0 Å².